The fraction of sp³-hybridized carbons (Fsp3) is 0.286. The molecule has 3 aromatic carbocycles. The first-order valence-electron chi connectivity index (χ1n) is 11.7. The monoisotopic (exact) mass is 453 g/mol. The largest absolute Gasteiger partial charge is 0.382 e. The van der Waals surface area contributed by atoms with Crippen LogP contribution in [-0.4, -0.2) is 44.0 Å². The predicted octanol–water partition coefficient (Wildman–Crippen LogP) is 5.55. The van der Waals surface area contributed by atoms with E-state index in [1.54, 1.807) is 6.07 Å². The molecule has 0 aliphatic carbocycles. The van der Waals surface area contributed by atoms with E-state index in [9.17, 15) is 4.79 Å². The molecule has 0 bridgehead atoms. The summed E-state index contributed by atoms with van der Waals surface area (Å²) in [6.45, 7) is 13.9. The summed E-state index contributed by atoms with van der Waals surface area (Å²) in [6.07, 6.45) is 1.14. The van der Waals surface area contributed by atoms with Crippen molar-refractivity contribution >= 4 is 28.7 Å². The normalized spacial score (nSPS) is 14.2. The van der Waals surface area contributed by atoms with Crippen molar-refractivity contribution in [3.63, 3.8) is 0 Å². The van der Waals surface area contributed by atoms with Crippen LogP contribution in [0.3, 0.4) is 0 Å². The van der Waals surface area contributed by atoms with Crippen molar-refractivity contribution in [1.82, 2.24) is 4.90 Å². The quantitative estimate of drug-likeness (QED) is 0.481. The first-order valence-corrected chi connectivity index (χ1v) is 11.7. The number of hydrogen-bond acceptors (Lipinski definition) is 4. The maximum atomic E-state index is 13.0. The molecule has 4 rings (SSSR count). The highest BCUT2D eigenvalue weighted by Gasteiger charge is 2.14. The van der Waals surface area contributed by atoms with E-state index in [1.165, 1.54) is 0 Å². The first-order chi connectivity index (χ1) is 16.5. The molecular weight excluding hydrogens is 422 g/mol. The lowest BCUT2D eigenvalue weighted by atomic mass is 10.1. The van der Waals surface area contributed by atoms with E-state index < -0.39 is 0 Å². The molecule has 6 heteroatoms. The third-order valence-electron chi connectivity index (χ3n) is 6.19. The van der Waals surface area contributed by atoms with Gasteiger partial charge < -0.3 is 20.4 Å². The van der Waals surface area contributed by atoms with Gasteiger partial charge in [-0.25, -0.2) is 4.85 Å². The summed E-state index contributed by atoms with van der Waals surface area (Å²) >= 11 is 0. The Balaban J connectivity index is 1.44. The molecule has 1 fully saturated rings. The third-order valence-corrected chi connectivity index (χ3v) is 6.19. The maximum Gasteiger partial charge on any atom is 0.255 e. The van der Waals surface area contributed by atoms with Gasteiger partial charge in [0.05, 0.1) is 6.57 Å². The number of anilines is 3. The Bertz CT molecular complexity index is 1180. The maximum absolute atomic E-state index is 13.0. The zero-order valence-electron chi connectivity index (χ0n) is 19.8. The Morgan fingerprint density at radius 2 is 1.82 bits per heavy atom. The topological polar surface area (TPSA) is 52.0 Å². The zero-order chi connectivity index (χ0) is 23.9. The number of benzene rings is 3. The summed E-state index contributed by atoms with van der Waals surface area (Å²) in [5, 5.41) is 6.45. The van der Waals surface area contributed by atoms with E-state index in [4.69, 9.17) is 6.57 Å². The van der Waals surface area contributed by atoms with Crippen LogP contribution in [0.4, 0.5) is 22.7 Å². The van der Waals surface area contributed by atoms with Crippen molar-refractivity contribution in [2.45, 2.75) is 19.9 Å². The number of carbonyl (C=O) groups is 1. The van der Waals surface area contributed by atoms with E-state index in [2.05, 4.69) is 32.3 Å². The Labute approximate surface area is 202 Å². The van der Waals surface area contributed by atoms with Crippen LogP contribution >= 0.6 is 0 Å². The number of likely N-dealkylation sites (N-methyl/N-ethyl adjacent to an activating group) is 1. The van der Waals surface area contributed by atoms with Gasteiger partial charge in [0, 0.05) is 48.8 Å². The van der Waals surface area contributed by atoms with Gasteiger partial charge in [0.2, 0.25) is 0 Å². The van der Waals surface area contributed by atoms with Crippen LogP contribution in [0.25, 0.3) is 4.85 Å². The average molecular weight is 454 g/mol. The molecular formula is C28H31N5O. The number of hydrogen-bond donors (Lipinski definition) is 2. The van der Waals surface area contributed by atoms with Crippen molar-refractivity contribution in [3.8, 4) is 0 Å². The summed E-state index contributed by atoms with van der Waals surface area (Å²) in [5.74, 6) is -0.121. The highest BCUT2D eigenvalue weighted by molar-refractivity contribution is 6.04. The van der Waals surface area contributed by atoms with Gasteiger partial charge in [-0.2, -0.15) is 0 Å². The minimum atomic E-state index is -0.121. The number of aryl methyl sites for hydroxylation is 1. The van der Waals surface area contributed by atoms with E-state index in [0.717, 1.165) is 60.8 Å². The van der Waals surface area contributed by atoms with Crippen molar-refractivity contribution in [1.29, 1.82) is 0 Å². The van der Waals surface area contributed by atoms with Gasteiger partial charge in [0.25, 0.3) is 5.91 Å². The smallest absolute Gasteiger partial charge is 0.255 e. The average Bonchev–Trinajstić information content (AvgIpc) is 3.08. The lowest BCUT2D eigenvalue weighted by Gasteiger charge is -2.23. The molecule has 6 nitrogen and oxygen atoms in total. The fourth-order valence-corrected chi connectivity index (χ4v) is 4.17. The fourth-order valence-electron chi connectivity index (χ4n) is 4.17. The van der Waals surface area contributed by atoms with Gasteiger partial charge in [-0.05, 0) is 80.5 Å². The van der Waals surface area contributed by atoms with Gasteiger partial charge in [0.15, 0.2) is 5.69 Å². The molecule has 3 aromatic rings. The van der Waals surface area contributed by atoms with E-state index in [0.29, 0.717) is 17.8 Å². The number of nitrogens with zero attached hydrogens (tertiary/aromatic N) is 3. The molecule has 1 aliphatic rings. The summed E-state index contributed by atoms with van der Waals surface area (Å²) in [6, 6.07) is 21.4. The second-order valence-electron chi connectivity index (χ2n) is 8.82. The summed E-state index contributed by atoms with van der Waals surface area (Å²) in [4.78, 5) is 21.3. The van der Waals surface area contributed by atoms with Crippen LogP contribution in [0.2, 0.25) is 0 Å². The van der Waals surface area contributed by atoms with Crippen molar-refractivity contribution in [2.75, 3.05) is 48.8 Å². The Morgan fingerprint density at radius 1 is 1.00 bits per heavy atom. The van der Waals surface area contributed by atoms with Crippen LogP contribution in [0, 0.1) is 13.5 Å². The molecule has 0 atom stereocenters. The number of rotatable bonds is 6. The van der Waals surface area contributed by atoms with Gasteiger partial charge in [-0.1, -0.05) is 24.3 Å². The van der Waals surface area contributed by atoms with Crippen LogP contribution in [0.1, 0.15) is 27.9 Å². The molecule has 1 amide bonds. The number of amides is 1. The number of nitrogens with one attached hydrogen (secondary N) is 2. The van der Waals surface area contributed by atoms with Gasteiger partial charge in [-0.3, -0.25) is 4.79 Å². The van der Waals surface area contributed by atoms with Crippen molar-refractivity contribution in [2.24, 2.45) is 0 Å². The van der Waals surface area contributed by atoms with Crippen LogP contribution < -0.4 is 15.5 Å². The van der Waals surface area contributed by atoms with Gasteiger partial charge in [0.1, 0.15) is 0 Å². The lowest BCUT2D eigenvalue weighted by molar-refractivity contribution is 0.102. The Hall–Kier alpha value is -3.82. The Morgan fingerprint density at radius 3 is 2.62 bits per heavy atom. The zero-order valence-corrected chi connectivity index (χ0v) is 19.8. The van der Waals surface area contributed by atoms with Gasteiger partial charge in [-0.15, -0.1) is 0 Å². The van der Waals surface area contributed by atoms with Crippen molar-refractivity contribution < 1.29 is 4.79 Å². The molecule has 1 saturated heterocycles. The minimum Gasteiger partial charge on any atom is -0.382 e. The lowest BCUT2D eigenvalue weighted by Crippen LogP contribution is -2.28. The molecule has 0 unspecified atom stereocenters. The first kappa shape index (κ1) is 23.3. The van der Waals surface area contributed by atoms with Crippen LogP contribution in [0.15, 0.2) is 66.7 Å². The molecule has 2 N–H and O–H groups in total. The van der Waals surface area contributed by atoms with Gasteiger partial charge >= 0.3 is 0 Å². The second kappa shape index (κ2) is 10.9. The summed E-state index contributed by atoms with van der Waals surface area (Å²) in [7, 11) is 2.16. The molecule has 34 heavy (non-hydrogen) atoms. The van der Waals surface area contributed by atoms with E-state index in [-0.39, 0.29) is 5.91 Å². The molecule has 174 valence electrons. The second-order valence-corrected chi connectivity index (χ2v) is 8.82. The SMILES string of the molecule is [C-]#[N+]c1cccc(NCc2ccc(C)cc2NC(=O)c2ccc(N3CCCN(C)CC3)cc2)c1. The highest BCUT2D eigenvalue weighted by Crippen LogP contribution is 2.23. The summed E-state index contributed by atoms with van der Waals surface area (Å²) in [5.41, 5.74) is 6.13. The highest BCUT2D eigenvalue weighted by atomic mass is 16.1. The standard InChI is InChI=1S/C28H31N5O/c1-21-8-9-23(20-30-25-7-4-6-24(19-25)29-2)27(18-21)31-28(34)22-10-12-26(13-11-22)33-15-5-14-32(3)16-17-33/h4,6-13,18-19,30H,5,14-17,20H2,1,3H3,(H,31,34). The molecule has 1 heterocycles. The summed E-state index contributed by atoms with van der Waals surface area (Å²) < 4.78 is 0. The van der Waals surface area contributed by atoms with E-state index >= 15 is 0 Å². The van der Waals surface area contributed by atoms with E-state index in [1.807, 2.05) is 67.6 Å². The minimum absolute atomic E-state index is 0.121. The number of carbonyl (C=O) groups excluding carboxylic acids is 1. The predicted molar refractivity (Wildman–Crippen MR) is 140 cm³/mol. The molecule has 0 saturated carbocycles. The third kappa shape index (κ3) is 5.94. The molecule has 0 aromatic heterocycles. The molecule has 0 spiro atoms. The van der Waals surface area contributed by atoms with Crippen LogP contribution in [0.5, 0.6) is 0 Å². The van der Waals surface area contributed by atoms with Crippen LogP contribution in [-0.2, 0) is 6.54 Å². The Kier molecular flexibility index (Phi) is 7.46. The molecule has 1 aliphatic heterocycles. The molecule has 0 radical (unpaired) electrons. The van der Waals surface area contributed by atoms with Crippen molar-refractivity contribution in [3.05, 3.63) is 94.8 Å².